The van der Waals surface area contributed by atoms with Crippen molar-refractivity contribution in [2.75, 3.05) is 38.6 Å². The number of nitrogens with one attached hydrogen (secondary N) is 1. The number of aromatic nitrogens is 2. The minimum absolute atomic E-state index is 0.0363. The summed E-state index contributed by atoms with van der Waals surface area (Å²) in [4.78, 5) is 8.66. The molecular weight excluding hydrogens is 297 g/mol. The number of likely N-dealkylation sites (N-methyl/N-ethyl adjacent to an activating group) is 1. The lowest BCUT2D eigenvalue weighted by molar-refractivity contribution is -0.144. The van der Waals surface area contributed by atoms with E-state index in [0.717, 1.165) is 6.54 Å². The summed E-state index contributed by atoms with van der Waals surface area (Å²) in [5.41, 5.74) is 0. The molecule has 1 atom stereocenters. The molecule has 0 saturated carbocycles. The van der Waals surface area contributed by atoms with Crippen molar-refractivity contribution < 1.29 is 17.9 Å². The van der Waals surface area contributed by atoms with Crippen LogP contribution in [-0.4, -0.2) is 54.3 Å². The van der Waals surface area contributed by atoms with E-state index in [-0.39, 0.29) is 17.1 Å². The van der Waals surface area contributed by atoms with Crippen LogP contribution in [0.15, 0.2) is 6.07 Å². The first kappa shape index (κ1) is 15.3. The van der Waals surface area contributed by atoms with Crippen molar-refractivity contribution in [2.24, 2.45) is 0 Å². The first-order valence-electron chi connectivity index (χ1n) is 6.00. The van der Waals surface area contributed by atoms with Crippen molar-refractivity contribution in [1.29, 1.82) is 0 Å². The Balaban J connectivity index is 2.00. The van der Waals surface area contributed by atoms with Gasteiger partial charge in [-0.15, -0.1) is 0 Å². The first-order chi connectivity index (χ1) is 9.34. The number of ether oxygens (including phenoxy) is 1. The molecule has 20 heavy (non-hydrogen) atoms. The van der Waals surface area contributed by atoms with Crippen molar-refractivity contribution in [1.82, 2.24) is 14.9 Å². The van der Waals surface area contributed by atoms with Crippen LogP contribution in [0, 0.1) is 0 Å². The number of rotatable bonds is 3. The largest absolute Gasteiger partial charge is 0.451 e. The van der Waals surface area contributed by atoms with Gasteiger partial charge in [0, 0.05) is 25.7 Å². The maximum absolute atomic E-state index is 12.6. The molecule has 0 radical (unpaired) electrons. The molecule has 0 aromatic carbocycles. The van der Waals surface area contributed by atoms with Gasteiger partial charge >= 0.3 is 6.18 Å². The van der Waals surface area contributed by atoms with Gasteiger partial charge < -0.3 is 15.0 Å². The second kappa shape index (κ2) is 6.11. The van der Waals surface area contributed by atoms with E-state index in [1.54, 1.807) is 0 Å². The third-order valence-electron chi connectivity index (χ3n) is 2.80. The van der Waals surface area contributed by atoms with Crippen LogP contribution in [0.5, 0.6) is 0 Å². The molecule has 1 fully saturated rings. The molecule has 1 unspecified atom stereocenters. The smallest absolute Gasteiger partial charge is 0.374 e. The second-order valence-corrected chi connectivity index (χ2v) is 4.92. The normalized spacial score (nSPS) is 20.9. The van der Waals surface area contributed by atoms with Crippen LogP contribution in [0.25, 0.3) is 0 Å². The van der Waals surface area contributed by atoms with Crippen molar-refractivity contribution in [3.05, 3.63) is 17.0 Å². The molecule has 112 valence electrons. The summed E-state index contributed by atoms with van der Waals surface area (Å²) in [6.45, 7) is 2.50. The molecule has 9 heteroatoms. The van der Waals surface area contributed by atoms with Crippen LogP contribution in [0.3, 0.4) is 0 Å². The van der Waals surface area contributed by atoms with E-state index in [2.05, 4.69) is 20.2 Å². The zero-order valence-corrected chi connectivity index (χ0v) is 11.5. The van der Waals surface area contributed by atoms with Crippen molar-refractivity contribution >= 4 is 17.4 Å². The van der Waals surface area contributed by atoms with Gasteiger partial charge in [-0.25, -0.2) is 9.97 Å². The number of hydrogen-bond donors (Lipinski definition) is 1. The van der Waals surface area contributed by atoms with E-state index in [9.17, 15) is 13.2 Å². The Morgan fingerprint density at radius 3 is 2.90 bits per heavy atom. The number of morpholine rings is 1. The van der Waals surface area contributed by atoms with Gasteiger partial charge in [-0.05, 0) is 7.05 Å². The molecule has 0 amide bonds. The number of nitrogens with zero attached hydrogens (tertiary/aromatic N) is 3. The number of alkyl halides is 3. The van der Waals surface area contributed by atoms with E-state index in [1.807, 2.05) is 7.05 Å². The standard InChI is InChI=1S/C11H14ClF3N4O/c1-19-2-3-20-7(6-19)5-16-9-4-8(12)17-10(18-9)11(13,14)15/h4,7H,2-3,5-6H2,1H3,(H,16,17,18). The van der Waals surface area contributed by atoms with Crippen LogP contribution >= 0.6 is 11.6 Å². The fraction of sp³-hybridized carbons (Fsp3) is 0.636. The molecule has 0 bridgehead atoms. The van der Waals surface area contributed by atoms with Gasteiger partial charge in [-0.2, -0.15) is 13.2 Å². The maximum atomic E-state index is 12.6. The Labute approximate surface area is 119 Å². The van der Waals surface area contributed by atoms with E-state index in [4.69, 9.17) is 16.3 Å². The first-order valence-corrected chi connectivity index (χ1v) is 6.38. The summed E-state index contributed by atoms with van der Waals surface area (Å²) < 4.78 is 43.1. The molecule has 2 rings (SSSR count). The lowest BCUT2D eigenvalue weighted by Gasteiger charge is -2.30. The Kier molecular flexibility index (Phi) is 4.66. The molecule has 5 nitrogen and oxygen atoms in total. The minimum Gasteiger partial charge on any atom is -0.374 e. The van der Waals surface area contributed by atoms with Crippen LogP contribution < -0.4 is 5.32 Å². The summed E-state index contributed by atoms with van der Waals surface area (Å²) >= 11 is 5.57. The lowest BCUT2D eigenvalue weighted by atomic mass is 10.3. The molecule has 1 aromatic rings. The average molecular weight is 311 g/mol. The topological polar surface area (TPSA) is 50.3 Å². The summed E-state index contributed by atoms with van der Waals surface area (Å²) in [6, 6.07) is 1.25. The Morgan fingerprint density at radius 1 is 1.50 bits per heavy atom. The average Bonchev–Trinajstić information content (AvgIpc) is 2.35. The number of halogens is 4. The predicted octanol–water partition coefficient (Wildman–Crippen LogP) is 1.89. The highest BCUT2D eigenvalue weighted by atomic mass is 35.5. The number of hydrogen-bond acceptors (Lipinski definition) is 5. The number of anilines is 1. The molecular formula is C11H14ClF3N4O. The molecule has 0 aliphatic carbocycles. The van der Waals surface area contributed by atoms with E-state index in [0.29, 0.717) is 19.7 Å². The molecule has 2 heterocycles. The van der Waals surface area contributed by atoms with E-state index < -0.39 is 12.0 Å². The van der Waals surface area contributed by atoms with Gasteiger partial charge in [0.2, 0.25) is 5.82 Å². The lowest BCUT2D eigenvalue weighted by Crippen LogP contribution is -2.43. The molecule has 1 aliphatic heterocycles. The highest BCUT2D eigenvalue weighted by molar-refractivity contribution is 6.29. The van der Waals surface area contributed by atoms with Gasteiger partial charge in [0.05, 0.1) is 12.7 Å². The van der Waals surface area contributed by atoms with Crippen molar-refractivity contribution in [3.63, 3.8) is 0 Å². The van der Waals surface area contributed by atoms with Gasteiger partial charge in [-0.1, -0.05) is 11.6 Å². The molecule has 0 spiro atoms. The fourth-order valence-corrected chi connectivity index (χ4v) is 2.03. The minimum atomic E-state index is -4.62. The van der Waals surface area contributed by atoms with Crippen LogP contribution in [0.1, 0.15) is 5.82 Å². The molecule has 1 aromatic heterocycles. The summed E-state index contributed by atoms with van der Waals surface area (Å²) in [7, 11) is 1.96. The molecule has 1 N–H and O–H groups in total. The zero-order valence-electron chi connectivity index (χ0n) is 10.7. The van der Waals surface area contributed by atoms with Gasteiger partial charge in [-0.3, -0.25) is 0 Å². The SMILES string of the molecule is CN1CCOC(CNc2cc(Cl)nc(C(F)(F)F)n2)C1. The van der Waals surface area contributed by atoms with Crippen LogP contribution in [0.2, 0.25) is 5.15 Å². The summed E-state index contributed by atoms with van der Waals surface area (Å²) in [5, 5.41) is 2.55. The highest BCUT2D eigenvalue weighted by Crippen LogP contribution is 2.28. The van der Waals surface area contributed by atoms with Gasteiger partial charge in [0.25, 0.3) is 0 Å². The monoisotopic (exact) mass is 310 g/mol. The Morgan fingerprint density at radius 2 is 2.25 bits per heavy atom. The second-order valence-electron chi connectivity index (χ2n) is 4.53. The summed E-state index contributed by atoms with van der Waals surface area (Å²) in [5.74, 6) is -1.22. The van der Waals surface area contributed by atoms with Crippen molar-refractivity contribution in [2.45, 2.75) is 12.3 Å². The highest BCUT2D eigenvalue weighted by Gasteiger charge is 2.35. The zero-order chi connectivity index (χ0) is 14.8. The van der Waals surface area contributed by atoms with Crippen LogP contribution in [0.4, 0.5) is 19.0 Å². The quantitative estimate of drug-likeness (QED) is 0.864. The third kappa shape index (κ3) is 4.19. The molecule has 1 saturated heterocycles. The Hall–Kier alpha value is -1.12. The van der Waals surface area contributed by atoms with E-state index in [1.165, 1.54) is 6.07 Å². The fourth-order valence-electron chi connectivity index (χ4n) is 1.84. The Bertz CT molecular complexity index is 471. The van der Waals surface area contributed by atoms with Gasteiger partial charge in [0.1, 0.15) is 11.0 Å². The van der Waals surface area contributed by atoms with Crippen LogP contribution in [-0.2, 0) is 10.9 Å². The maximum Gasteiger partial charge on any atom is 0.451 e. The van der Waals surface area contributed by atoms with Gasteiger partial charge in [0.15, 0.2) is 0 Å². The predicted molar refractivity (Wildman–Crippen MR) is 67.8 cm³/mol. The summed E-state index contributed by atoms with van der Waals surface area (Å²) in [6.07, 6.45) is -4.72. The third-order valence-corrected chi connectivity index (χ3v) is 2.99. The van der Waals surface area contributed by atoms with E-state index >= 15 is 0 Å². The van der Waals surface area contributed by atoms with Crippen molar-refractivity contribution in [3.8, 4) is 0 Å². The molecule has 1 aliphatic rings.